The average Bonchev–Trinajstić information content (AvgIpc) is 2.19. The minimum absolute atomic E-state index is 0.0586. The summed E-state index contributed by atoms with van der Waals surface area (Å²) in [7, 11) is 0. The largest absolute Gasteiger partial charge is 0.486 e. The Labute approximate surface area is 92.9 Å². The number of fused-ring (bicyclic) bond motifs is 1. The predicted molar refractivity (Wildman–Crippen MR) is 57.2 cm³/mol. The van der Waals surface area contributed by atoms with E-state index in [4.69, 9.17) is 21.1 Å². The first-order valence-electron chi connectivity index (χ1n) is 4.71. The molecule has 3 nitrogen and oxygen atoms in total. The number of halogens is 1. The van der Waals surface area contributed by atoms with Gasteiger partial charge in [-0.2, -0.15) is 0 Å². The lowest BCUT2D eigenvalue weighted by molar-refractivity contribution is 0.100. The van der Waals surface area contributed by atoms with Crippen molar-refractivity contribution in [1.29, 1.82) is 0 Å². The van der Waals surface area contributed by atoms with Gasteiger partial charge in [-0.1, -0.05) is 11.6 Å². The fraction of sp³-hybridized carbons (Fsp3) is 0.364. The molecule has 4 heteroatoms. The van der Waals surface area contributed by atoms with Crippen molar-refractivity contribution in [3.05, 3.63) is 22.2 Å². The zero-order chi connectivity index (χ0) is 11.0. The first-order chi connectivity index (χ1) is 7.11. The number of ether oxygens (including phenoxy) is 2. The number of carbonyl (C=O) groups excluding carboxylic acids is 1. The topological polar surface area (TPSA) is 35.5 Å². The zero-order valence-corrected chi connectivity index (χ0v) is 9.35. The maximum Gasteiger partial charge on any atom is 0.172 e. The molecular formula is C11H11ClO3. The molecule has 0 atom stereocenters. The lowest BCUT2D eigenvalue weighted by Crippen LogP contribution is -2.18. The molecule has 0 amide bonds. The van der Waals surface area contributed by atoms with Crippen molar-refractivity contribution in [1.82, 2.24) is 0 Å². The van der Waals surface area contributed by atoms with Gasteiger partial charge in [-0.3, -0.25) is 4.79 Å². The van der Waals surface area contributed by atoms with Gasteiger partial charge in [0.1, 0.15) is 13.2 Å². The SMILES string of the molecule is CC(=O)c1c(C)c(Cl)cc2c1OCCO2. The number of hydrogen-bond acceptors (Lipinski definition) is 3. The smallest absolute Gasteiger partial charge is 0.172 e. The van der Waals surface area contributed by atoms with Crippen molar-refractivity contribution in [2.75, 3.05) is 13.2 Å². The molecule has 1 aromatic rings. The van der Waals surface area contributed by atoms with Gasteiger partial charge in [0.05, 0.1) is 5.56 Å². The van der Waals surface area contributed by atoms with Crippen LogP contribution in [-0.4, -0.2) is 19.0 Å². The van der Waals surface area contributed by atoms with Crippen LogP contribution in [0.4, 0.5) is 0 Å². The molecule has 2 rings (SSSR count). The van der Waals surface area contributed by atoms with Gasteiger partial charge in [-0.05, 0) is 19.4 Å². The molecule has 1 aliphatic rings. The van der Waals surface area contributed by atoms with E-state index in [1.807, 2.05) is 0 Å². The van der Waals surface area contributed by atoms with E-state index in [0.717, 1.165) is 5.56 Å². The van der Waals surface area contributed by atoms with Crippen LogP contribution in [0, 0.1) is 6.92 Å². The van der Waals surface area contributed by atoms with Gasteiger partial charge in [0, 0.05) is 11.1 Å². The maximum absolute atomic E-state index is 11.5. The van der Waals surface area contributed by atoms with Crippen LogP contribution in [-0.2, 0) is 0 Å². The fourth-order valence-electron chi connectivity index (χ4n) is 1.67. The highest BCUT2D eigenvalue weighted by Gasteiger charge is 2.22. The monoisotopic (exact) mass is 226 g/mol. The molecule has 0 fully saturated rings. The lowest BCUT2D eigenvalue weighted by Gasteiger charge is -2.22. The summed E-state index contributed by atoms with van der Waals surface area (Å²) >= 11 is 6.01. The third-order valence-corrected chi connectivity index (χ3v) is 2.77. The number of hydrogen-bond donors (Lipinski definition) is 0. The number of Topliss-reactive ketones (excluding diaryl/α,β-unsaturated/α-hetero) is 1. The molecule has 0 radical (unpaired) electrons. The highest BCUT2D eigenvalue weighted by Crippen LogP contribution is 2.39. The van der Waals surface area contributed by atoms with E-state index in [1.165, 1.54) is 6.92 Å². The summed E-state index contributed by atoms with van der Waals surface area (Å²) in [6.07, 6.45) is 0. The molecule has 15 heavy (non-hydrogen) atoms. The van der Waals surface area contributed by atoms with E-state index in [0.29, 0.717) is 35.3 Å². The van der Waals surface area contributed by atoms with E-state index >= 15 is 0 Å². The van der Waals surface area contributed by atoms with Gasteiger partial charge >= 0.3 is 0 Å². The van der Waals surface area contributed by atoms with Crippen molar-refractivity contribution in [3.8, 4) is 11.5 Å². The van der Waals surface area contributed by atoms with E-state index in [-0.39, 0.29) is 5.78 Å². The highest BCUT2D eigenvalue weighted by atomic mass is 35.5. The minimum atomic E-state index is -0.0586. The molecule has 1 aliphatic heterocycles. The van der Waals surface area contributed by atoms with Crippen LogP contribution >= 0.6 is 11.6 Å². The second-order valence-electron chi connectivity index (χ2n) is 3.44. The number of benzene rings is 1. The van der Waals surface area contributed by atoms with E-state index in [9.17, 15) is 4.79 Å². The first kappa shape index (κ1) is 10.3. The minimum Gasteiger partial charge on any atom is -0.486 e. The molecular weight excluding hydrogens is 216 g/mol. The maximum atomic E-state index is 11.5. The van der Waals surface area contributed by atoms with Crippen molar-refractivity contribution < 1.29 is 14.3 Å². The Morgan fingerprint density at radius 3 is 2.73 bits per heavy atom. The Bertz CT molecular complexity index is 426. The summed E-state index contributed by atoms with van der Waals surface area (Å²) in [6, 6.07) is 1.69. The second kappa shape index (κ2) is 3.74. The van der Waals surface area contributed by atoms with Gasteiger partial charge in [-0.25, -0.2) is 0 Å². The van der Waals surface area contributed by atoms with Gasteiger partial charge < -0.3 is 9.47 Å². The van der Waals surface area contributed by atoms with Crippen LogP contribution in [0.5, 0.6) is 11.5 Å². The van der Waals surface area contributed by atoms with Crippen LogP contribution in [0.25, 0.3) is 0 Å². The summed E-state index contributed by atoms with van der Waals surface area (Å²) in [5, 5.41) is 0.532. The van der Waals surface area contributed by atoms with Crippen molar-refractivity contribution in [2.24, 2.45) is 0 Å². The Morgan fingerprint density at radius 2 is 2.07 bits per heavy atom. The van der Waals surface area contributed by atoms with E-state index in [1.54, 1.807) is 13.0 Å². The van der Waals surface area contributed by atoms with Gasteiger partial charge in [0.15, 0.2) is 17.3 Å². The molecule has 0 spiro atoms. The Morgan fingerprint density at radius 1 is 1.40 bits per heavy atom. The third-order valence-electron chi connectivity index (χ3n) is 2.38. The first-order valence-corrected chi connectivity index (χ1v) is 5.08. The van der Waals surface area contributed by atoms with Crippen LogP contribution in [0.15, 0.2) is 6.07 Å². The Hall–Kier alpha value is -1.22. The number of rotatable bonds is 1. The Kier molecular flexibility index (Phi) is 2.57. The van der Waals surface area contributed by atoms with E-state index < -0.39 is 0 Å². The zero-order valence-electron chi connectivity index (χ0n) is 8.59. The Balaban J connectivity index is 2.68. The summed E-state index contributed by atoms with van der Waals surface area (Å²) in [5.74, 6) is 1.02. The molecule has 0 saturated heterocycles. The van der Waals surface area contributed by atoms with Gasteiger partial charge in [0.25, 0.3) is 0 Å². The normalized spacial score (nSPS) is 13.8. The molecule has 0 aliphatic carbocycles. The molecule has 80 valence electrons. The number of carbonyl (C=O) groups is 1. The molecule has 0 bridgehead atoms. The van der Waals surface area contributed by atoms with Crippen LogP contribution in [0.2, 0.25) is 5.02 Å². The molecule has 1 aromatic carbocycles. The van der Waals surface area contributed by atoms with E-state index in [2.05, 4.69) is 0 Å². The molecule has 1 heterocycles. The summed E-state index contributed by atoms with van der Waals surface area (Å²) in [6.45, 7) is 4.26. The summed E-state index contributed by atoms with van der Waals surface area (Å²) in [4.78, 5) is 11.5. The standard InChI is InChI=1S/C11H11ClO3/c1-6-8(12)5-9-11(10(6)7(2)13)15-4-3-14-9/h5H,3-4H2,1-2H3. The van der Waals surface area contributed by atoms with Crippen LogP contribution < -0.4 is 9.47 Å². The fourth-order valence-corrected chi connectivity index (χ4v) is 1.87. The third kappa shape index (κ3) is 1.67. The van der Waals surface area contributed by atoms with Crippen LogP contribution in [0.1, 0.15) is 22.8 Å². The van der Waals surface area contributed by atoms with Gasteiger partial charge in [0.2, 0.25) is 0 Å². The molecule has 0 N–H and O–H groups in total. The second-order valence-corrected chi connectivity index (χ2v) is 3.85. The summed E-state index contributed by atoms with van der Waals surface area (Å²) < 4.78 is 10.8. The summed E-state index contributed by atoms with van der Waals surface area (Å²) in [5.41, 5.74) is 1.27. The van der Waals surface area contributed by atoms with Crippen molar-refractivity contribution in [2.45, 2.75) is 13.8 Å². The van der Waals surface area contributed by atoms with Crippen molar-refractivity contribution in [3.63, 3.8) is 0 Å². The molecule has 0 saturated carbocycles. The lowest BCUT2D eigenvalue weighted by atomic mass is 10.0. The highest BCUT2D eigenvalue weighted by molar-refractivity contribution is 6.32. The van der Waals surface area contributed by atoms with Crippen molar-refractivity contribution >= 4 is 17.4 Å². The molecule has 0 aromatic heterocycles. The molecule has 0 unspecified atom stereocenters. The predicted octanol–water partition coefficient (Wildman–Crippen LogP) is 2.62. The van der Waals surface area contributed by atoms with Gasteiger partial charge in [-0.15, -0.1) is 0 Å². The van der Waals surface area contributed by atoms with Crippen LogP contribution in [0.3, 0.4) is 0 Å². The number of ketones is 1. The average molecular weight is 227 g/mol. The quantitative estimate of drug-likeness (QED) is 0.691.